The highest BCUT2D eigenvalue weighted by atomic mass is 16.5. The summed E-state index contributed by atoms with van der Waals surface area (Å²) < 4.78 is 5.50. The predicted octanol–water partition coefficient (Wildman–Crippen LogP) is 2.39. The van der Waals surface area contributed by atoms with Gasteiger partial charge in [-0.25, -0.2) is 0 Å². The van der Waals surface area contributed by atoms with Crippen molar-refractivity contribution >= 4 is 0 Å². The number of aromatic nitrogens is 1. The molecular weight excluding hydrogens is 224 g/mol. The first kappa shape index (κ1) is 12.1. The summed E-state index contributed by atoms with van der Waals surface area (Å²) in [6.07, 6.45) is 3.94. The standard InChI is InChI=1S/C15H22N2O/c1-11-2-5-14(13-6-7-18-10-13)15(17-11)9-16-8-12-3-4-12/h2,5,12-13,16H,3-4,6-10H2,1H3. The van der Waals surface area contributed by atoms with Crippen molar-refractivity contribution in [3.8, 4) is 0 Å². The van der Waals surface area contributed by atoms with Crippen LogP contribution in [0.15, 0.2) is 12.1 Å². The van der Waals surface area contributed by atoms with Gasteiger partial charge in [-0.15, -0.1) is 0 Å². The number of nitrogens with one attached hydrogen (secondary N) is 1. The average molecular weight is 246 g/mol. The van der Waals surface area contributed by atoms with Crippen LogP contribution in [0, 0.1) is 12.8 Å². The molecule has 1 atom stereocenters. The topological polar surface area (TPSA) is 34.1 Å². The number of pyridine rings is 1. The van der Waals surface area contributed by atoms with Crippen LogP contribution >= 0.6 is 0 Å². The van der Waals surface area contributed by atoms with E-state index in [0.717, 1.165) is 44.3 Å². The van der Waals surface area contributed by atoms with Gasteiger partial charge in [0.25, 0.3) is 0 Å². The highest BCUT2D eigenvalue weighted by Gasteiger charge is 2.23. The van der Waals surface area contributed by atoms with Gasteiger partial charge in [-0.2, -0.15) is 0 Å². The Bertz CT molecular complexity index is 409. The van der Waals surface area contributed by atoms with E-state index in [9.17, 15) is 0 Å². The molecule has 1 saturated heterocycles. The molecule has 2 aliphatic rings. The molecule has 3 nitrogen and oxygen atoms in total. The van der Waals surface area contributed by atoms with Crippen LogP contribution < -0.4 is 5.32 Å². The number of aryl methyl sites for hydroxylation is 1. The monoisotopic (exact) mass is 246 g/mol. The van der Waals surface area contributed by atoms with Crippen molar-refractivity contribution in [2.45, 2.75) is 38.6 Å². The summed E-state index contributed by atoms with van der Waals surface area (Å²) in [7, 11) is 0. The molecule has 18 heavy (non-hydrogen) atoms. The zero-order valence-electron chi connectivity index (χ0n) is 11.1. The third-order valence-electron chi connectivity index (χ3n) is 3.94. The van der Waals surface area contributed by atoms with Gasteiger partial charge in [-0.1, -0.05) is 6.07 Å². The fourth-order valence-corrected chi connectivity index (χ4v) is 2.63. The van der Waals surface area contributed by atoms with Crippen molar-refractivity contribution in [3.05, 3.63) is 29.1 Å². The smallest absolute Gasteiger partial charge is 0.0580 e. The molecule has 1 aromatic heterocycles. The van der Waals surface area contributed by atoms with Crippen LogP contribution in [0.3, 0.4) is 0 Å². The van der Waals surface area contributed by atoms with E-state index in [-0.39, 0.29) is 0 Å². The van der Waals surface area contributed by atoms with E-state index < -0.39 is 0 Å². The van der Waals surface area contributed by atoms with Gasteiger partial charge in [-0.05, 0) is 50.3 Å². The summed E-state index contributed by atoms with van der Waals surface area (Å²) in [5.74, 6) is 1.48. The van der Waals surface area contributed by atoms with Gasteiger partial charge in [0.05, 0.1) is 12.3 Å². The van der Waals surface area contributed by atoms with Crippen LogP contribution in [-0.2, 0) is 11.3 Å². The number of ether oxygens (including phenoxy) is 1. The van der Waals surface area contributed by atoms with E-state index in [0.29, 0.717) is 5.92 Å². The molecule has 3 heteroatoms. The van der Waals surface area contributed by atoms with Crippen LogP contribution in [0.1, 0.15) is 42.1 Å². The molecule has 0 amide bonds. The van der Waals surface area contributed by atoms with Crippen molar-refractivity contribution < 1.29 is 4.74 Å². The molecule has 0 spiro atoms. The average Bonchev–Trinajstić information content (AvgIpc) is 3.03. The highest BCUT2D eigenvalue weighted by molar-refractivity contribution is 5.27. The van der Waals surface area contributed by atoms with Gasteiger partial charge in [0.1, 0.15) is 0 Å². The minimum Gasteiger partial charge on any atom is -0.381 e. The molecule has 1 aliphatic carbocycles. The quantitative estimate of drug-likeness (QED) is 0.866. The summed E-state index contributed by atoms with van der Waals surface area (Å²) in [5.41, 5.74) is 3.73. The largest absolute Gasteiger partial charge is 0.381 e. The Hall–Kier alpha value is -0.930. The fourth-order valence-electron chi connectivity index (χ4n) is 2.63. The van der Waals surface area contributed by atoms with E-state index in [4.69, 9.17) is 9.72 Å². The zero-order valence-corrected chi connectivity index (χ0v) is 11.1. The molecule has 2 fully saturated rings. The lowest BCUT2D eigenvalue weighted by molar-refractivity contribution is 0.193. The van der Waals surface area contributed by atoms with Crippen LogP contribution in [-0.4, -0.2) is 24.7 Å². The Morgan fingerprint density at radius 3 is 2.94 bits per heavy atom. The summed E-state index contributed by atoms with van der Waals surface area (Å²) in [6, 6.07) is 4.37. The first-order chi connectivity index (χ1) is 8.83. The highest BCUT2D eigenvalue weighted by Crippen LogP contribution is 2.29. The minimum atomic E-state index is 0.552. The number of hydrogen-bond donors (Lipinski definition) is 1. The summed E-state index contributed by atoms with van der Waals surface area (Å²) in [4.78, 5) is 4.72. The number of nitrogens with zero attached hydrogens (tertiary/aromatic N) is 1. The molecule has 1 saturated carbocycles. The first-order valence-corrected chi connectivity index (χ1v) is 7.08. The molecular formula is C15H22N2O. The molecule has 0 radical (unpaired) electrons. The van der Waals surface area contributed by atoms with Crippen molar-refractivity contribution in [1.82, 2.24) is 10.3 Å². The van der Waals surface area contributed by atoms with E-state index >= 15 is 0 Å². The second-order valence-corrected chi connectivity index (χ2v) is 5.62. The molecule has 1 aromatic rings. The minimum absolute atomic E-state index is 0.552. The summed E-state index contributed by atoms with van der Waals surface area (Å²) in [5, 5.41) is 3.55. The van der Waals surface area contributed by atoms with Gasteiger partial charge in [0, 0.05) is 24.8 Å². The lowest BCUT2D eigenvalue weighted by Crippen LogP contribution is -2.19. The number of hydrogen-bond acceptors (Lipinski definition) is 3. The molecule has 0 aromatic carbocycles. The Labute approximate surface area is 109 Å². The van der Waals surface area contributed by atoms with Gasteiger partial charge in [-0.3, -0.25) is 4.98 Å². The lowest BCUT2D eigenvalue weighted by atomic mass is 9.96. The second kappa shape index (κ2) is 5.37. The summed E-state index contributed by atoms with van der Waals surface area (Å²) >= 11 is 0. The maximum absolute atomic E-state index is 5.50. The molecule has 1 N–H and O–H groups in total. The Morgan fingerprint density at radius 2 is 2.22 bits per heavy atom. The maximum atomic E-state index is 5.50. The van der Waals surface area contributed by atoms with Crippen molar-refractivity contribution in [3.63, 3.8) is 0 Å². The lowest BCUT2D eigenvalue weighted by Gasteiger charge is -2.14. The first-order valence-electron chi connectivity index (χ1n) is 7.08. The van der Waals surface area contributed by atoms with Crippen molar-refractivity contribution in [1.29, 1.82) is 0 Å². The molecule has 3 rings (SSSR count). The Kier molecular flexibility index (Phi) is 3.62. The fraction of sp³-hybridized carbons (Fsp3) is 0.667. The van der Waals surface area contributed by atoms with E-state index in [1.54, 1.807) is 0 Å². The van der Waals surface area contributed by atoms with Crippen LogP contribution in [0.2, 0.25) is 0 Å². The summed E-state index contributed by atoms with van der Waals surface area (Å²) in [6.45, 7) is 5.88. The molecule has 1 aliphatic heterocycles. The maximum Gasteiger partial charge on any atom is 0.0580 e. The third-order valence-corrected chi connectivity index (χ3v) is 3.94. The molecule has 2 heterocycles. The van der Waals surface area contributed by atoms with Crippen LogP contribution in [0.4, 0.5) is 0 Å². The Balaban J connectivity index is 1.69. The second-order valence-electron chi connectivity index (χ2n) is 5.62. The zero-order chi connectivity index (χ0) is 12.4. The third kappa shape index (κ3) is 2.90. The van der Waals surface area contributed by atoms with E-state index in [2.05, 4.69) is 24.4 Å². The van der Waals surface area contributed by atoms with Gasteiger partial charge < -0.3 is 10.1 Å². The molecule has 0 bridgehead atoms. The Morgan fingerprint density at radius 1 is 1.33 bits per heavy atom. The predicted molar refractivity (Wildman–Crippen MR) is 71.6 cm³/mol. The van der Waals surface area contributed by atoms with Crippen molar-refractivity contribution in [2.24, 2.45) is 5.92 Å². The van der Waals surface area contributed by atoms with Crippen molar-refractivity contribution in [2.75, 3.05) is 19.8 Å². The molecule has 1 unspecified atom stereocenters. The van der Waals surface area contributed by atoms with Crippen LogP contribution in [0.25, 0.3) is 0 Å². The van der Waals surface area contributed by atoms with E-state index in [1.807, 2.05) is 0 Å². The van der Waals surface area contributed by atoms with Crippen LogP contribution in [0.5, 0.6) is 0 Å². The SMILES string of the molecule is Cc1ccc(C2CCOC2)c(CNCC2CC2)n1. The molecule has 98 valence electrons. The van der Waals surface area contributed by atoms with Gasteiger partial charge in [0.15, 0.2) is 0 Å². The van der Waals surface area contributed by atoms with Gasteiger partial charge in [0.2, 0.25) is 0 Å². The normalized spacial score (nSPS) is 23.5. The van der Waals surface area contributed by atoms with E-state index in [1.165, 1.54) is 24.1 Å². The van der Waals surface area contributed by atoms with Gasteiger partial charge >= 0.3 is 0 Å². The number of rotatable bonds is 5.